The van der Waals surface area contributed by atoms with Crippen molar-refractivity contribution in [2.75, 3.05) is 5.32 Å². The Kier molecular flexibility index (Phi) is 2.27. The van der Waals surface area contributed by atoms with Crippen LogP contribution in [0, 0.1) is 0 Å². The van der Waals surface area contributed by atoms with Gasteiger partial charge in [0.25, 0.3) is 5.56 Å². The lowest BCUT2D eigenvalue weighted by Crippen LogP contribution is -2.15. The number of nitrogens with one attached hydrogen (secondary N) is 2. The quantitative estimate of drug-likeness (QED) is 0.764. The lowest BCUT2D eigenvalue weighted by Gasteiger charge is -2.07. The molecule has 4 heteroatoms. The van der Waals surface area contributed by atoms with Gasteiger partial charge >= 0.3 is 0 Å². The highest BCUT2D eigenvalue weighted by molar-refractivity contribution is 5.36. The zero-order valence-electron chi connectivity index (χ0n) is 8.50. The van der Waals surface area contributed by atoms with Crippen LogP contribution in [0.1, 0.15) is 38.4 Å². The van der Waals surface area contributed by atoms with Crippen LogP contribution in [0.5, 0.6) is 0 Å². The monoisotopic (exact) mass is 193 g/mol. The summed E-state index contributed by atoms with van der Waals surface area (Å²) in [7, 11) is 0. The SMILES string of the molecule is CC(C)c1nc(NC2CC2)cc(=O)[nH]1. The van der Waals surface area contributed by atoms with Crippen molar-refractivity contribution in [1.29, 1.82) is 0 Å². The number of aromatic nitrogens is 2. The summed E-state index contributed by atoms with van der Waals surface area (Å²) in [5, 5.41) is 3.22. The van der Waals surface area contributed by atoms with E-state index >= 15 is 0 Å². The van der Waals surface area contributed by atoms with Crippen LogP contribution in [0.15, 0.2) is 10.9 Å². The van der Waals surface area contributed by atoms with Crippen LogP contribution in [0.3, 0.4) is 0 Å². The Labute approximate surface area is 82.8 Å². The first-order valence-electron chi connectivity index (χ1n) is 5.03. The van der Waals surface area contributed by atoms with E-state index in [1.54, 1.807) is 0 Å². The number of hydrogen-bond donors (Lipinski definition) is 2. The van der Waals surface area contributed by atoms with Crippen LogP contribution in [0.25, 0.3) is 0 Å². The summed E-state index contributed by atoms with van der Waals surface area (Å²) in [6.45, 7) is 4.03. The second-order valence-corrected chi connectivity index (χ2v) is 4.09. The fourth-order valence-electron chi connectivity index (χ4n) is 1.26. The highest BCUT2D eigenvalue weighted by Gasteiger charge is 2.21. The third kappa shape index (κ3) is 2.13. The molecule has 1 fully saturated rings. The Hall–Kier alpha value is -1.32. The van der Waals surface area contributed by atoms with Crippen molar-refractivity contribution in [3.63, 3.8) is 0 Å². The third-order valence-electron chi connectivity index (χ3n) is 2.24. The fraction of sp³-hybridized carbons (Fsp3) is 0.600. The van der Waals surface area contributed by atoms with Crippen molar-refractivity contribution in [3.8, 4) is 0 Å². The Morgan fingerprint density at radius 2 is 2.29 bits per heavy atom. The van der Waals surface area contributed by atoms with E-state index in [2.05, 4.69) is 15.3 Å². The Morgan fingerprint density at radius 3 is 2.86 bits per heavy atom. The van der Waals surface area contributed by atoms with E-state index in [9.17, 15) is 4.79 Å². The number of aromatic amines is 1. The van der Waals surface area contributed by atoms with Crippen molar-refractivity contribution < 1.29 is 0 Å². The maximum absolute atomic E-state index is 11.3. The fourth-order valence-corrected chi connectivity index (χ4v) is 1.26. The standard InChI is InChI=1S/C10H15N3O/c1-6(2)10-12-8(5-9(14)13-10)11-7-3-4-7/h5-7H,3-4H2,1-2H3,(H2,11,12,13,14). The third-order valence-corrected chi connectivity index (χ3v) is 2.24. The molecule has 76 valence electrons. The van der Waals surface area contributed by atoms with E-state index in [-0.39, 0.29) is 11.5 Å². The van der Waals surface area contributed by atoms with Crippen molar-refractivity contribution in [1.82, 2.24) is 9.97 Å². The molecule has 0 amide bonds. The maximum atomic E-state index is 11.3. The van der Waals surface area contributed by atoms with Crippen LogP contribution in [0.2, 0.25) is 0 Å². The Balaban J connectivity index is 2.25. The first kappa shape index (κ1) is 9.24. The van der Waals surface area contributed by atoms with E-state index in [0.29, 0.717) is 11.9 Å². The van der Waals surface area contributed by atoms with E-state index in [1.165, 1.54) is 18.9 Å². The molecule has 1 saturated carbocycles. The van der Waals surface area contributed by atoms with Crippen LogP contribution >= 0.6 is 0 Å². The summed E-state index contributed by atoms with van der Waals surface area (Å²) in [5.41, 5.74) is -0.0770. The molecule has 0 aliphatic heterocycles. The molecule has 0 aromatic carbocycles. The summed E-state index contributed by atoms with van der Waals surface area (Å²) < 4.78 is 0. The molecule has 0 spiro atoms. The van der Waals surface area contributed by atoms with Crippen molar-refractivity contribution in [2.45, 2.75) is 38.6 Å². The average Bonchev–Trinajstić information content (AvgIpc) is 2.87. The van der Waals surface area contributed by atoms with Crippen LogP contribution in [0.4, 0.5) is 5.82 Å². The minimum atomic E-state index is -0.0770. The molecule has 1 aliphatic carbocycles. The molecule has 0 saturated heterocycles. The van der Waals surface area contributed by atoms with Gasteiger partial charge in [0.15, 0.2) is 0 Å². The number of nitrogens with zero attached hydrogens (tertiary/aromatic N) is 1. The predicted molar refractivity (Wildman–Crippen MR) is 55.6 cm³/mol. The van der Waals surface area contributed by atoms with Gasteiger partial charge in [0.05, 0.1) is 0 Å². The largest absolute Gasteiger partial charge is 0.367 e. The Morgan fingerprint density at radius 1 is 1.57 bits per heavy atom. The number of H-pyrrole nitrogens is 1. The molecule has 14 heavy (non-hydrogen) atoms. The van der Waals surface area contributed by atoms with Gasteiger partial charge in [0.1, 0.15) is 11.6 Å². The lowest BCUT2D eigenvalue weighted by molar-refractivity contribution is 0.766. The molecule has 0 radical (unpaired) electrons. The van der Waals surface area contributed by atoms with Gasteiger partial charge in [-0.05, 0) is 12.8 Å². The van der Waals surface area contributed by atoms with E-state index in [4.69, 9.17) is 0 Å². The summed E-state index contributed by atoms with van der Waals surface area (Å²) in [4.78, 5) is 18.4. The zero-order valence-corrected chi connectivity index (χ0v) is 8.50. The van der Waals surface area contributed by atoms with E-state index < -0.39 is 0 Å². The normalized spacial score (nSPS) is 15.9. The first-order valence-corrected chi connectivity index (χ1v) is 5.03. The first-order chi connectivity index (χ1) is 6.65. The van der Waals surface area contributed by atoms with Gasteiger partial charge in [-0.15, -0.1) is 0 Å². The van der Waals surface area contributed by atoms with Gasteiger partial charge < -0.3 is 10.3 Å². The van der Waals surface area contributed by atoms with Gasteiger partial charge in [0, 0.05) is 18.0 Å². The molecule has 0 unspecified atom stereocenters. The van der Waals surface area contributed by atoms with Crippen molar-refractivity contribution >= 4 is 5.82 Å². The smallest absolute Gasteiger partial charge is 0.252 e. The molecular formula is C10H15N3O. The molecule has 0 atom stereocenters. The van der Waals surface area contributed by atoms with Crippen LogP contribution in [-0.4, -0.2) is 16.0 Å². The molecule has 1 aliphatic rings. The number of rotatable bonds is 3. The summed E-state index contributed by atoms with van der Waals surface area (Å²) in [6.07, 6.45) is 2.37. The van der Waals surface area contributed by atoms with Crippen molar-refractivity contribution in [3.05, 3.63) is 22.2 Å². The molecule has 1 aromatic heterocycles. The molecule has 4 nitrogen and oxygen atoms in total. The van der Waals surface area contributed by atoms with Crippen LogP contribution in [-0.2, 0) is 0 Å². The molecule has 1 aromatic rings. The molecule has 2 rings (SSSR count). The van der Waals surface area contributed by atoms with Crippen LogP contribution < -0.4 is 10.9 Å². The number of anilines is 1. The summed E-state index contributed by atoms with van der Waals surface area (Å²) >= 11 is 0. The predicted octanol–water partition coefficient (Wildman–Crippen LogP) is 1.47. The summed E-state index contributed by atoms with van der Waals surface area (Å²) in [5.74, 6) is 1.71. The van der Waals surface area contributed by atoms with E-state index in [1.807, 2.05) is 13.8 Å². The second-order valence-electron chi connectivity index (χ2n) is 4.09. The molecular weight excluding hydrogens is 178 g/mol. The topological polar surface area (TPSA) is 57.8 Å². The van der Waals surface area contributed by atoms with Gasteiger partial charge in [-0.25, -0.2) is 4.98 Å². The van der Waals surface area contributed by atoms with Crippen molar-refractivity contribution in [2.24, 2.45) is 0 Å². The molecule has 1 heterocycles. The summed E-state index contributed by atoms with van der Waals surface area (Å²) in [6, 6.07) is 2.05. The lowest BCUT2D eigenvalue weighted by atomic mass is 10.2. The Bertz CT molecular complexity index is 379. The highest BCUT2D eigenvalue weighted by Crippen LogP contribution is 2.23. The zero-order chi connectivity index (χ0) is 10.1. The minimum Gasteiger partial charge on any atom is -0.367 e. The van der Waals surface area contributed by atoms with Gasteiger partial charge in [0.2, 0.25) is 0 Å². The molecule has 0 bridgehead atoms. The van der Waals surface area contributed by atoms with Gasteiger partial charge in [-0.3, -0.25) is 4.79 Å². The minimum absolute atomic E-state index is 0.0770. The van der Waals surface area contributed by atoms with Gasteiger partial charge in [-0.1, -0.05) is 13.8 Å². The number of hydrogen-bond acceptors (Lipinski definition) is 3. The maximum Gasteiger partial charge on any atom is 0.252 e. The highest BCUT2D eigenvalue weighted by atomic mass is 16.1. The molecule has 2 N–H and O–H groups in total. The van der Waals surface area contributed by atoms with Gasteiger partial charge in [-0.2, -0.15) is 0 Å². The average molecular weight is 193 g/mol. The second kappa shape index (κ2) is 3.44. The van der Waals surface area contributed by atoms with E-state index in [0.717, 1.165) is 5.82 Å².